The standard InChI is InChI=1S/C23H25N5O/c1-16(2)29-21-10-6-5-9-20(21)27-23-25-14-12-22(28-23)24-13-11-17-15-26-19-8-4-3-7-18(17)19/h3-10,12,14-16,26H,11,13H2,1-2H3,(H2,24,25,27,28). The Morgan fingerprint density at radius 3 is 2.76 bits per heavy atom. The predicted octanol–water partition coefficient (Wildman–Crippen LogP) is 5.14. The second-order valence-corrected chi connectivity index (χ2v) is 7.09. The van der Waals surface area contributed by atoms with Gasteiger partial charge >= 0.3 is 0 Å². The lowest BCUT2D eigenvalue weighted by Crippen LogP contribution is -2.09. The fraction of sp³-hybridized carbons (Fsp3) is 0.217. The minimum absolute atomic E-state index is 0.0939. The topological polar surface area (TPSA) is 74.9 Å². The molecule has 2 heterocycles. The van der Waals surface area contributed by atoms with Gasteiger partial charge < -0.3 is 20.4 Å². The highest BCUT2D eigenvalue weighted by molar-refractivity contribution is 5.83. The van der Waals surface area contributed by atoms with Gasteiger partial charge in [-0.3, -0.25) is 0 Å². The lowest BCUT2D eigenvalue weighted by atomic mass is 10.1. The van der Waals surface area contributed by atoms with Gasteiger partial charge in [-0.2, -0.15) is 4.98 Å². The number of rotatable bonds is 8. The van der Waals surface area contributed by atoms with Gasteiger partial charge in [0.25, 0.3) is 0 Å². The molecule has 2 aromatic carbocycles. The van der Waals surface area contributed by atoms with E-state index in [-0.39, 0.29) is 6.10 Å². The van der Waals surface area contributed by atoms with Crippen molar-refractivity contribution in [2.75, 3.05) is 17.2 Å². The van der Waals surface area contributed by atoms with E-state index in [1.54, 1.807) is 6.20 Å². The van der Waals surface area contributed by atoms with Gasteiger partial charge in [0.2, 0.25) is 5.95 Å². The number of aromatic nitrogens is 3. The molecule has 0 aliphatic rings. The molecule has 0 atom stereocenters. The zero-order chi connectivity index (χ0) is 20.1. The van der Waals surface area contributed by atoms with E-state index in [1.165, 1.54) is 16.5 Å². The maximum absolute atomic E-state index is 5.85. The third-order valence-corrected chi connectivity index (χ3v) is 4.53. The molecule has 29 heavy (non-hydrogen) atoms. The van der Waals surface area contributed by atoms with Gasteiger partial charge in [0.1, 0.15) is 11.6 Å². The van der Waals surface area contributed by atoms with Gasteiger partial charge in [-0.05, 0) is 50.1 Å². The summed E-state index contributed by atoms with van der Waals surface area (Å²) >= 11 is 0. The normalized spacial score (nSPS) is 11.0. The maximum atomic E-state index is 5.85. The number of aromatic amines is 1. The van der Waals surface area contributed by atoms with Crippen molar-refractivity contribution in [3.63, 3.8) is 0 Å². The van der Waals surface area contributed by atoms with Gasteiger partial charge in [0, 0.05) is 29.8 Å². The summed E-state index contributed by atoms with van der Waals surface area (Å²) in [4.78, 5) is 12.2. The number of anilines is 3. The molecule has 6 nitrogen and oxygen atoms in total. The second-order valence-electron chi connectivity index (χ2n) is 7.09. The Hall–Kier alpha value is -3.54. The Balaban J connectivity index is 1.40. The van der Waals surface area contributed by atoms with Crippen LogP contribution in [0.4, 0.5) is 17.5 Å². The van der Waals surface area contributed by atoms with Crippen molar-refractivity contribution in [2.45, 2.75) is 26.4 Å². The maximum Gasteiger partial charge on any atom is 0.229 e. The molecule has 148 valence electrons. The highest BCUT2D eigenvalue weighted by Crippen LogP contribution is 2.27. The molecule has 2 aromatic heterocycles. The molecule has 0 spiro atoms. The minimum atomic E-state index is 0.0939. The smallest absolute Gasteiger partial charge is 0.229 e. The van der Waals surface area contributed by atoms with Crippen molar-refractivity contribution in [1.29, 1.82) is 0 Å². The first-order valence-electron chi connectivity index (χ1n) is 9.83. The summed E-state index contributed by atoms with van der Waals surface area (Å²) in [5.41, 5.74) is 3.30. The number of para-hydroxylation sites is 3. The Morgan fingerprint density at radius 2 is 1.86 bits per heavy atom. The number of hydrogen-bond donors (Lipinski definition) is 3. The summed E-state index contributed by atoms with van der Waals surface area (Å²) in [5, 5.41) is 7.90. The van der Waals surface area contributed by atoms with Gasteiger partial charge in [-0.15, -0.1) is 0 Å². The van der Waals surface area contributed by atoms with Crippen LogP contribution in [0.1, 0.15) is 19.4 Å². The van der Waals surface area contributed by atoms with E-state index >= 15 is 0 Å². The summed E-state index contributed by atoms with van der Waals surface area (Å²) in [7, 11) is 0. The van der Waals surface area contributed by atoms with E-state index in [9.17, 15) is 0 Å². The molecule has 0 aliphatic carbocycles. The van der Waals surface area contributed by atoms with Crippen LogP contribution < -0.4 is 15.4 Å². The highest BCUT2D eigenvalue weighted by atomic mass is 16.5. The predicted molar refractivity (Wildman–Crippen MR) is 118 cm³/mol. The molecule has 0 radical (unpaired) electrons. The SMILES string of the molecule is CC(C)Oc1ccccc1Nc1nccc(NCCc2c[nH]c3ccccc23)n1. The fourth-order valence-electron chi connectivity index (χ4n) is 3.23. The van der Waals surface area contributed by atoms with Crippen LogP contribution in [0, 0.1) is 0 Å². The van der Waals surface area contributed by atoms with Crippen LogP contribution in [-0.4, -0.2) is 27.6 Å². The number of hydrogen-bond acceptors (Lipinski definition) is 5. The lowest BCUT2D eigenvalue weighted by Gasteiger charge is -2.15. The van der Waals surface area contributed by atoms with E-state index in [0.717, 1.165) is 30.2 Å². The Labute approximate surface area is 170 Å². The largest absolute Gasteiger partial charge is 0.489 e. The van der Waals surface area contributed by atoms with Crippen molar-refractivity contribution < 1.29 is 4.74 Å². The number of nitrogens with one attached hydrogen (secondary N) is 3. The molecule has 4 aromatic rings. The van der Waals surface area contributed by atoms with Crippen LogP contribution >= 0.6 is 0 Å². The lowest BCUT2D eigenvalue weighted by molar-refractivity contribution is 0.244. The van der Waals surface area contributed by atoms with Gasteiger partial charge in [0.05, 0.1) is 11.8 Å². The average Bonchev–Trinajstić information content (AvgIpc) is 3.13. The summed E-state index contributed by atoms with van der Waals surface area (Å²) in [6.07, 6.45) is 4.82. The van der Waals surface area contributed by atoms with Crippen LogP contribution in [0.15, 0.2) is 67.0 Å². The van der Waals surface area contributed by atoms with E-state index < -0.39 is 0 Å². The van der Waals surface area contributed by atoms with Crippen molar-refractivity contribution in [2.24, 2.45) is 0 Å². The molecule has 0 saturated carbocycles. The van der Waals surface area contributed by atoms with Crippen molar-refractivity contribution >= 4 is 28.4 Å². The number of nitrogens with zero attached hydrogens (tertiary/aromatic N) is 2. The number of H-pyrrole nitrogens is 1. The van der Waals surface area contributed by atoms with Crippen LogP contribution in [-0.2, 0) is 6.42 Å². The van der Waals surface area contributed by atoms with Crippen molar-refractivity contribution in [3.8, 4) is 5.75 Å². The molecule has 4 rings (SSSR count). The minimum Gasteiger partial charge on any atom is -0.489 e. The van der Waals surface area contributed by atoms with Crippen LogP contribution in [0.25, 0.3) is 10.9 Å². The fourth-order valence-corrected chi connectivity index (χ4v) is 3.23. The first-order valence-corrected chi connectivity index (χ1v) is 9.83. The molecule has 0 saturated heterocycles. The molecule has 3 N–H and O–H groups in total. The molecule has 6 heteroatoms. The van der Waals surface area contributed by atoms with Gasteiger partial charge in [-0.1, -0.05) is 30.3 Å². The molecular formula is C23H25N5O. The second kappa shape index (κ2) is 8.65. The number of ether oxygens (including phenoxy) is 1. The molecule has 0 aliphatic heterocycles. The molecule has 0 bridgehead atoms. The average molecular weight is 387 g/mol. The molecule has 0 fully saturated rings. The van der Waals surface area contributed by atoms with E-state index in [2.05, 4.69) is 50.0 Å². The third kappa shape index (κ3) is 4.66. The summed E-state index contributed by atoms with van der Waals surface area (Å²) in [6.45, 7) is 4.79. The molecular weight excluding hydrogens is 362 g/mol. The summed E-state index contributed by atoms with van der Waals surface area (Å²) < 4.78 is 5.85. The molecule has 0 unspecified atom stereocenters. The zero-order valence-electron chi connectivity index (χ0n) is 16.6. The Bertz CT molecular complexity index is 1090. The molecule has 0 amide bonds. The van der Waals surface area contributed by atoms with Crippen LogP contribution in [0.5, 0.6) is 5.75 Å². The van der Waals surface area contributed by atoms with Crippen molar-refractivity contribution in [3.05, 3.63) is 72.6 Å². The number of benzene rings is 2. The van der Waals surface area contributed by atoms with E-state index in [0.29, 0.717) is 5.95 Å². The Morgan fingerprint density at radius 1 is 1.03 bits per heavy atom. The van der Waals surface area contributed by atoms with E-state index in [1.807, 2.05) is 50.2 Å². The number of fused-ring (bicyclic) bond motifs is 1. The zero-order valence-corrected chi connectivity index (χ0v) is 16.6. The van der Waals surface area contributed by atoms with Gasteiger partial charge in [0.15, 0.2) is 0 Å². The van der Waals surface area contributed by atoms with Crippen LogP contribution in [0.2, 0.25) is 0 Å². The monoisotopic (exact) mass is 387 g/mol. The first kappa shape index (κ1) is 18.8. The highest BCUT2D eigenvalue weighted by Gasteiger charge is 2.08. The van der Waals surface area contributed by atoms with Crippen LogP contribution in [0.3, 0.4) is 0 Å². The third-order valence-electron chi connectivity index (χ3n) is 4.53. The summed E-state index contributed by atoms with van der Waals surface area (Å²) in [5.74, 6) is 2.09. The van der Waals surface area contributed by atoms with E-state index in [4.69, 9.17) is 4.74 Å². The van der Waals surface area contributed by atoms with Crippen molar-refractivity contribution in [1.82, 2.24) is 15.0 Å². The quantitative estimate of drug-likeness (QED) is 0.390. The summed E-state index contributed by atoms with van der Waals surface area (Å²) in [6, 6.07) is 18.0. The Kier molecular flexibility index (Phi) is 5.61. The van der Waals surface area contributed by atoms with Gasteiger partial charge in [-0.25, -0.2) is 4.98 Å². The first-order chi connectivity index (χ1) is 14.2.